The van der Waals surface area contributed by atoms with E-state index in [0.29, 0.717) is 36.0 Å². The normalized spacial score (nSPS) is 16.7. The standard InChI is InChI=1S/C31H40N8O10/c32-28(40)9-10-29(41)33-11-14-47-16-17-48-15-12-34-30(42)19-26-25-18-23(39(45)46)7-8-27(25)37(20-24-2-1-13-49-24)31(36-26)35-21-3-5-22(6-4-21)38(43)44/h3-8,18,24,26H,1-2,9-17,19-20H2,(H2,32,40)(H,33,41)(H,34,42)(H,35,36). The summed E-state index contributed by atoms with van der Waals surface area (Å²) in [4.78, 5) is 63.8. The lowest BCUT2D eigenvalue weighted by molar-refractivity contribution is -0.385. The number of rotatable bonds is 19. The van der Waals surface area contributed by atoms with Gasteiger partial charge in [-0.25, -0.2) is 4.99 Å². The van der Waals surface area contributed by atoms with Crippen LogP contribution in [0.25, 0.3) is 0 Å². The Hall–Kier alpha value is -5.20. The third-order valence-corrected chi connectivity index (χ3v) is 7.64. The lowest BCUT2D eigenvalue weighted by atomic mass is 9.98. The molecule has 2 aliphatic heterocycles. The van der Waals surface area contributed by atoms with Crippen molar-refractivity contribution < 1.29 is 38.4 Å². The van der Waals surface area contributed by atoms with Gasteiger partial charge in [0.2, 0.25) is 23.7 Å². The van der Waals surface area contributed by atoms with E-state index in [9.17, 15) is 34.6 Å². The average Bonchev–Trinajstić information content (AvgIpc) is 3.59. The smallest absolute Gasteiger partial charge is 0.269 e. The molecule has 18 nitrogen and oxygen atoms in total. The maximum Gasteiger partial charge on any atom is 0.269 e. The first-order chi connectivity index (χ1) is 23.6. The minimum absolute atomic E-state index is 0.0158. The van der Waals surface area contributed by atoms with Crippen molar-refractivity contribution in [3.05, 3.63) is 68.3 Å². The first kappa shape index (κ1) is 36.6. The van der Waals surface area contributed by atoms with Gasteiger partial charge in [-0.3, -0.25) is 34.6 Å². The van der Waals surface area contributed by atoms with Gasteiger partial charge in [-0.05, 0) is 31.0 Å². The number of guanidine groups is 1. The zero-order valence-electron chi connectivity index (χ0n) is 26.8. The third-order valence-electron chi connectivity index (χ3n) is 7.64. The largest absolute Gasteiger partial charge is 0.377 e. The summed E-state index contributed by atoms with van der Waals surface area (Å²) >= 11 is 0. The predicted octanol–water partition coefficient (Wildman–Crippen LogP) is 1.93. The number of nitro groups is 2. The molecule has 0 aromatic heterocycles. The minimum atomic E-state index is -0.776. The Kier molecular flexibility index (Phi) is 13.7. The highest BCUT2D eigenvalue weighted by atomic mass is 16.6. The number of aliphatic imine (C=N–C) groups is 1. The number of nitrogens with one attached hydrogen (secondary N) is 3. The molecule has 18 heteroatoms. The summed E-state index contributed by atoms with van der Waals surface area (Å²) in [6.45, 7) is 2.49. The van der Waals surface area contributed by atoms with Crippen LogP contribution in [-0.4, -0.2) is 92.3 Å². The number of amides is 3. The molecule has 0 radical (unpaired) electrons. The molecule has 0 aliphatic carbocycles. The second-order valence-electron chi connectivity index (χ2n) is 11.2. The molecule has 2 unspecified atom stereocenters. The lowest BCUT2D eigenvalue weighted by Gasteiger charge is -2.36. The fourth-order valence-electron chi connectivity index (χ4n) is 5.22. The number of nitrogens with two attached hydrogens (primary N) is 1. The molecule has 0 bridgehead atoms. The third kappa shape index (κ3) is 11.5. The number of ether oxygens (including phenoxy) is 3. The van der Waals surface area contributed by atoms with Crippen LogP contribution in [0.2, 0.25) is 0 Å². The number of hydrogen-bond donors (Lipinski definition) is 4. The molecule has 2 atom stereocenters. The summed E-state index contributed by atoms with van der Waals surface area (Å²) in [5.74, 6) is -0.806. The summed E-state index contributed by atoms with van der Waals surface area (Å²) in [5, 5.41) is 31.4. The molecule has 0 saturated carbocycles. The van der Waals surface area contributed by atoms with Gasteiger partial charge in [-0.2, -0.15) is 0 Å². The van der Waals surface area contributed by atoms with Gasteiger partial charge in [-0.15, -0.1) is 0 Å². The Morgan fingerprint density at radius 3 is 2.18 bits per heavy atom. The summed E-state index contributed by atoms with van der Waals surface area (Å²) in [7, 11) is 0. The van der Waals surface area contributed by atoms with Crippen molar-refractivity contribution in [1.82, 2.24) is 10.6 Å². The van der Waals surface area contributed by atoms with Gasteiger partial charge >= 0.3 is 0 Å². The van der Waals surface area contributed by atoms with Crippen molar-refractivity contribution in [2.75, 3.05) is 62.9 Å². The van der Waals surface area contributed by atoms with Crippen LogP contribution in [0.1, 0.15) is 43.7 Å². The monoisotopic (exact) mass is 684 g/mol. The first-order valence-electron chi connectivity index (χ1n) is 15.8. The number of anilines is 2. The Bertz CT molecular complexity index is 1510. The molecule has 2 aromatic rings. The van der Waals surface area contributed by atoms with Crippen LogP contribution < -0.4 is 26.6 Å². The number of nitrogens with zero attached hydrogens (tertiary/aromatic N) is 4. The second-order valence-corrected chi connectivity index (χ2v) is 11.2. The molecular formula is C31H40N8O10. The molecule has 4 rings (SSSR count). The number of nitro benzene ring substituents is 2. The lowest BCUT2D eigenvalue weighted by Crippen LogP contribution is -2.44. The minimum Gasteiger partial charge on any atom is -0.377 e. The van der Waals surface area contributed by atoms with Gasteiger partial charge in [0.1, 0.15) is 0 Å². The van der Waals surface area contributed by atoms with Gasteiger partial charge in [0.15, 0.2) is 0 Å². The highest BCUT2D eigenvalue weighted by Crippen LogP contribution is 2.39. The van der Waals surface area contributed by atoms with Crippen LogP contribution in [0.3, 0.4) is 0 Å². The van der Waals surface area contributed by atoms with E-state index in [4.69, 9.17) is 24.9 Å². The number of hydrogen-bond acceptors (Lipinski definition) is 13. The van der Waals surface area contributed by atoms with Crippen LogP contribution >= 0.6 is 0 Å². The highest BCUT2D eigenvalue weighted by molar-refractivity contribution is 6.07. The number of carbonyl (C=O) groups is 3. The van der Waals surface area contributed by atoms with E-state index >= 15 is 0 Å². The summed E-state index contributed by atoms with van der Waals surface area (Å²) in [5.41, 5.74) is 6.47. The Morgan fingerprint density at radius 1 is 0.918 bits per heavy atom. The average molecular weight is 685 g/mol. The van der Waals surface area contributed by atoms with Crippen molar-refractivity contribution in [2.24, 2.45) is 10.7 Å². The van der Waals surface area contributed by atoms with Crippen LogP contribution in [0.15, 0.2) is 47.5 Å². The molecular weight excluding hydrogens is 644 g/mol. The zero-order chi connectivity index (χ0) is 35.2. The molecule has 2 aliphatic rings. The molecule has 264 valence electrons. The van der Waals surface area contributed by atoms with E-state index in [1.165, 1.54) is 24.3 Å². The quantitative estimate of drug-likeness (QED) is 0.0942. The number of carbonyl (C=O) groups excluding carboxylic acids is 3. The predicted molar refractivity (Wildman–Crippen MR) is 177 cm³/mol. The van der Waals surface area contributed by atoms with Gasteiger partial charge < -0.3 is 40.8 Å². The summed E-state index contributed by atoms with van der Waals surface area (Å²) < 4.78 is 16.8. The zero-order valence-corrected chi connectivity index (χ0v) is 26.8. The topological polar surface area (TPSA) is 243 Å². The van der Waals surface area contributed by atoms with Crippen molar-refractivity contribution >= 4 is 46.4 Å². The van der Waals surface area contributed by atoms with Crippen molar-refractivity contribution in [3.8, 4) is 0 Å². The van der Waals surface area contributed by atoms with Crippen LogP contribution in [-0.2, 0) is 28.6 Å². The van der Waals surface area contributed by atoms with E-state index in [1.807, 2.05) is 4.90 Å². The van der Waals surface area contributed by atoms with Crippen molar-refractivity contribution in [2.45, 2.75) is 44.2 Å². The highest BCUT2D eigenvalue weighted by Gasteiger charge is 2.33. The molecule has 3 amide bonds. The SMILES string of the molecule is NC(=O)CCC(=O)NCCOCCOCCNC(=O)CC1N=C(Nc2ccc([N+](=O)[O-])cc2)N(CC2CCCO2)c2ccc([N+](=O)[O-])cc21. The van der Waals surface area contributed by atoms with Crippen LogP contribution in [0.5, 0.6) is 0 Å². The van der Waals surface area contributed by atoms with Crippen LogP contribution in [0.4, 0.5) is 22.7 Å². The molecule has 49 heavy (non-hydrogen) atoms. The molecule has 1 fully saturated rings. The molecule has 1 saturated heterocycles. The Morgan fingerprint density at radius 2 is 1.57 bits per heavy atom. The Labute approximate surface area is 281 Å². The fourth-order valence-corrected chi connectivity index (χ4v) is 5.22. The number of benzene rings is 2. The maximum absolute atomic E-state index is 13.0. The van der Waals surface area contributed by atoms with E-state index in [-0.39, 0.29) is 88.1 Å². The summed E-state index contributed by atoms with van der Waals surface area (Å²) in [6.07, 6.45) is 1.51. The first-order valence-corrected chi connectivity index (χ1v) is 15.8. The number of primary amides is 1. The van der Waals surface area contributed by atoms with Gasteiger partial charge in [0, 0.05) is 73.7 Å². The van der Waals surface area contributed by atoms with E-state index in [2.05, 4.69) is 16.0 Å². The van der Waals surface area contributed by atoms with E-state index < -0.39 is 21.8 Å². The number of fused-ring (bicyclic) bond motifs is 1. The van der Waals surface area contributed by atoms with Gasteiger partial charge in [0.05, 0.1) is 61.4 Å². The second kappa shape index (κ2) is 18.4. The summed E-state index contributed by atoms with van der Waals surface area (Å²) in [6, 6.07) is 9.52. The van der Waals surface area contributed by atoms with E-state index in [0.717, 1.165) is 12.8 Å². The van der Waals surface area contributed by atoms with Crippen LogP contribution in [0, 0.1) is 20.2 Å². The molecule has 2 aromatic carbocycles. The number of non-ortho nitro benzene ring substituents is 2. The molecule has 2 heterocycles. The maximum atomic E-state index is 13.0. The van der Waals surface area contributed by atoms with E-state index in [1.54, 1.807) is 18.2 Å². The van der Waals surface area contributed by atoms with Crippen molar-refractivity contribution in [3.63, 3.8) is 0 Å². The van der Waals surface area contributed by atoms with Gasteiger partial charge in [0.25, 0.3) is 11.4 Å². The van der Waals surface area contributed by atoms with Gasteiger partial charge in [-0.1, -0.05) is 0 Å². The fraction of sp³-hybridized carbons (Fsp3) is 0.484. The van der Waals surface area contributed by atoms with Crippen molar-refractivity contribution in [1.29, 1.82) is 0 Å². The molecule has 0 spiro atoms. The Balaban J connectivity index is 1.34. The molecule has 5 N–H and O–H groups in total.